The van der Waals surface area contributed by atoms with Crippen LogP contribution in [0.3, 0.4) is 0 Å². The smallest absolute Gasteiger partial charge is 0.237 e. The van der Waals surface area contributed by atoms with Gasteiger partial charge in [-0.05, 0) is 26.1 Å². The van der Waals surface area contributed by atoms with Crippen molar-refractivity contribution in [2.45, 2.75) is 33.2 Å². The molecule has 29 heavy (non-hydrogen) atoms. The molecule has 0 aliphatic rings. The van der Waals surface area contributed by atoms with Crippen LogP contribution in [0.4, 0.5) is 0 Å². The molecule has 1 amide bonds. The number of rotatable bonds is 10. The molecule has 2 N–H and O–H groups in total. The molecule has 5 nitrogen and oxygen atoms in total. The van der Waals surface area contributed by atoms with E-state index in [2.05, 4.69) is 43.0 Å². The highest BCUT2D eigenvalue weighted by atomic mass is 16.1. The number of benzene rings is 2. The SMILES string of the molecule is CCN(CC)CCCc1nc(-c2ccccc2)c(-c2ccccc2)n1CC(N)=O. The number of imidazole rings is 1. The predicted molar refractivity (Wildman–Crippen MR) is 118 cm³/mol. The third kappa shape index (κ3) is 5.12. The van der Waals surface area contributed by atoms with Crippen molar-refractivity contribution in [2.75, 3.05) is 19.6 Å². The molecule has 0 unspecified atom stereocenters. The molecule has 0 aliphatic carbocycles. The molecule has 0 saturated carbocycles. The molecule has 1 aromatic heterocycles. The van der Waals surface area contributed by atoms with E-state index in [1.165, 1.54) is 0 Å². The molecule has 5 heteroatoms. The molecule has 0 aliphatic heterocycles. The molecule has 3 rings (SSSR count). The van der Waals surface area contributed by atoms with Crippen LogP contribution in [0, 0.1) is 0 Å². The minimum Gasteiger partial charge on any atom is -0.368 e. The van der Waals surface area contributed by atoms with E-state index in [0.29, 0.717) is 0 Å². The number of nitrogens with zero attached hydrogens (tertiary/aromatic N) is 3. The summed E-state index contributed by atoms with van der Waals surface area (Å²) in [6.07, 6.45) is 1.79. The number of hydrogen-bond acceptors (Lipinski definition) is 3. The Labute approximate surface area is 173 Å². The zero-order valence-corrected chi connectivity index (χ0v) is 17.3. The zero-order chi connectivity index (χ0) is 20.6. The van der Waals surface area contributed by atoms with Crippen LogP contribution < -0.4 is 5.73 Å². The summed E-state index contributed by atoms with van der Waals surface area (Å²) in [6, 6.07) is 20.3. The molecule has 0 radical (unpaired) electrons. The van der Waals surface area contributed by atoms with Gasteiger partial charge in [-0.3, -0.25) is 4.79 Å². The van der Waals surface area contributed by atoms with Crippen LogP contribution in [-0.4, -0.2) is 40.0 Å². The van der Waals surface area contributed by atoms with E-state index < -0.39 is 0 Å². The maximum atomic E-state index is 11.9. The third-order valence-electron chi connectivity index (χ3n) is 5.22. The van der Waals surface area contributed by atoms with Crippen molar-refractivity contribution in [1.29, 1.82) is 0 Å². The summed E-state index contributed by atoms with van der Waals surface area (Å²) < 4.78 is 2.00. The maximum absolute atomic E-state index is 11.9. The van der Waals surface area contributed by atoms with Crippen LogP contribution in [0.15, 0.2) is 60.7 Å². The number of amides is 1. The summed E-state index contributed by atoms with van der Waals surface area (Å²) in [5.74, 6) is 0.554. The van der Waals surface area contributed by atoms with Crippen molar-refractivity contribution in [3.8, 4) is 22.5 Å². The molecule has 0 spiro atoms. The number of aromatic nitrogens is 2. The lowest BCUT2D eigenvalue weighted by Gasteiger charge is -2.17. The van der Waals surface area contributed by atoms with Crippen LogP contribution in [-0.2, 0) is 17.8 Å². The second kappa shape index (κ2) is 10.0. The van der Waals surface area contributed by atoms with Crippen LogP contribution in [0.25, 0.3) is 22.5 Å². The number of primary amides is 1. The molecule has 152 valence electrons. The van der Waals surface area contributed by atoms with Gasteiger partial charge in [0.2, 0.25) is 5.91 Å². The molecular formula is C24H30N4O. The van der Waals surface area contributed by atoms with Crippen molar-refractivity contribution < 1.29 is 4.79 Å². The Balaban J connectivity index is 2.05. The average molecular weight is 391 g/mol. The molecule has 0 atom stereocenters. The third-order valence-corrected chi connectivity index (χ3v) is 5.22. The van der Waals surface area contributed by atoms with E-state index in [1.807, 2.05) is 41.0 Å². The van der Waals surface area contributed by atoms with E-state index in [1.54, 1.807) is 0 Å². The highest BCUT2D eigenvalue weighted by molar-refractivity contribution is 5.81. The number of carbonyl (C=O) groups excluding carboxylic acids is 1. The number of aryl methyl sites for hydroxylation is 1. The lowest BCUT2D eigenvalue weighted by Crippen LogP contribution is -2.25. The van der Waals surface area contributed by atoms with Crippen LogP contribution in [0.2, 0.25) is 0 Å². The summed E-state index contributed by atoms with van der Waals surface area (Å²) in [7, 11) is 0. The summed E-state index contributed by atoms with van der Waals surface area (Å²) in [5, 5.41) is 0. The first-order valence-corrected chi connectivity index (χ1v) is 10.3. The fraction of sp³-hybridized carbons (Fsp3) is 0.333. The van der Waals surface area contributed by atoms with Gasteiger partial charge in [0.05, 0.1) is 11.4 Å². The van der Waals surface area contributed by atoms with Gasteiger partial charge in [0.1, 0.15) is 12.4 Å². The number of nitrogens with two attached hydrogens (primary N) is 1. The fourth-order valence-corrected chi connectivity index (χ4v) is 3.70. The average Bonchev–Trinajstić information content (AvgIpc) is 3.10. The summed E-state index contributed by atoms with van der Waals surface area (Å²) in [4.78, 5) is 19.3. The highest BCUT2D eigenvalue weighted by Gasteiger charge is 2.20. The van der Waals surface area contributed by atoms with Gasteiger partial charge in [0.25, 0.3) is 0 Å². The zero-order valence-electron chi connectivity index (χ0n) is 17.3. The van der Waals surface area contributed by atoms with Crippen molar-refractivity contribution in [1.82, 2.24) is 14.5 Å². The van der Waals surface area contributed by atoms with E-state index in [0.717, 1.165) is 60.8 Å². The summed E-state index contributed by atoms with van der Waals surface area (Å²) in [6.45, 7) is 7.58. The lowest BCUT2D eigenvalue weighted by atomic mass is 10.0. The highest BCUT2D eigenvalue weighted by Crippen LogP contribution is 2.33. The van der Waals surface area contributed by atoms with Crippen LogP contribution in [0.1, 0.15) is 26.1 Å². The van der Waals surface area contributed by atoms with Gasteiger partial charge >= 0.3 is 0 Å². The minimum absolute atomic E-state index is 0.130. The number of hydrogen-bond donors (Lipinski definition) is 1. The fourth-order valence-electron chi connectivity index (χ4n) is 3.70. The quantitative estimate of drug-likeness (QED) is 0.569. The Kier molecular flexibility index (Phi) is 7.19. The molecule has 3 aromatic rings. The monoisotopic (exact) mass is 390 g/mol. The largest absolute Gasteiger partial charge is 0.368 e. The van der Waals surface area contributed by atoms with Crippen molar-refractivity contribution in [2.24, 2.45) is 5.73 Å². The summed E-state index contributed by atoms with van der Waals surface area (Å²) >= 11 is 0. The maximum Gasteiger partial charge on any atom is 0.237 e. The van der Waals surface area contributed by atoms with Crippen molar-refractivity contribution >= 4 is 5.91 Å². The van der Waals surface area contributed by atoms with E-state index in [-0.39, 0.29) is 12.5 Å². The van der Waals surface area contributed by atoms with Gasteiger partial charge in [-0.15, -0.1) is 0 Å². The molecule has 0 saturated heterocycles. The Morgan fingerprint density at radius 3 is 2.10 bits per heavy atom. The van der Waals surface area contributed by atoms with Crippen LogP contribution >= 0.6 is 0 Å². The topological polar surface area (TPSA) is 64.2 Å². The second-order valence-corrected chi connectivity index (χ2v) is 7.14. The lowest BCUT2D eigenvalue weighted by molar-refractivity contribution is -0.118. The van der Waals surface area contributed by atoms with Gasteiger partial charge < -0.3 is 15.2 Å². The van der Waals surface area contributed by atoms with Crippen LogP contribution in [0.5, 0.6) is 0 Å². The molecular weight excluding hydrogens is 360 g/mol. The summed E-state index contributed by atoms with van der Waals surface area (Å²) in [5.41, 5.74) is 9.54. The number of carbonyl (C=O) groups is 1. The van der Waals surface area contributed by atoms with Gasteiger partial charge in [-0.1, -0.05) is 74.5 Å². The second-order valence-electron chi connectivity index (χ2n) is 7.14. The Hall–Kier alpha value is -2.92. The first-order valence-electron chi connectivity index (χ1n) is 10.3. The van der Waals surface area contributed by atoms with Gasteiger partial charge in [0.15, 0.2) is 0 Å². The van der Waals surface area contributed by atoms with E-state index in [9.17, 15) is 4.79 Å². The van der Waals surface area contributed by atoms with E-state index in [4.69, 9.17) is 10.7 Å². The first kappa shape index (κ1) is 20.8. The molecule has 0 fully saturated rings. The van der Waals surface area contributed by atoms with E-state index >= 15 is 0 Å². The predicted octanol–water partition coefficient (Wildman–Crippen LogP) is 3.98. The van der Waals surface area contributed by atoms with Gasteiger partial charge in [-0.25, -0.2) is 4.98 Å². The molecule has 2 aromatic carbocycles. The molecule has 1 heterocycles. The Morgan fingerprint density at radius 2 is 1.55 bits per heavy atom. The van der Waals surface area contributed by atoms with Crippen molar-refractivity contribution in [3.63, 3.8) is 0 Å². The van der Waals surface area contributed by atoms with Gasteiger partial charge in [0, 0.05) is 17.5 Å². The van der Waals surface area contributed by atoms with Crippen molar-refractivity contribution in [3.05, 3.63) is 66.5 Å². The normalized spacial score (nSPS) is 11.1. The standard InChI is InChI=1S/C24H30N4O/c1-3-27(4-2)17-11-16-22-26-23(19-12-7-5-8-13-19)24(28(22)18-21(25)29)20-14-9-6-10-15-20/h5-10,12-15H,3-4,11,16-18H2,1-2H3,(H2,25,29). The Bertz CT molecular complexity index is 915. The van der Waals surface area contributed by atoms with Gasteiger partial charge in [-0.2, -0.15) is 0 Å². The Morgan fingerprint density at radius 1 is 0.966 bits per heavy atom. The first-order chi connectivity index (χ1) is 14.1. The molecule has 0 bridgehead atoms. The minimum atomic E-state index is -0.357.